The number of methoxy groups -OCH3 is 1. The first-order valence-electron chi connectivity index (χ1n) is 6.19. The minimum absolute atomic E-state index is 0.287. The van der Waals surface area contributed by atoms with Gasteiger partial charge in [0.15, 0.2) is 5.82 Å². The van der Waals surface area contributed by atoms with Gasteiger partial charge in [-0.05, 0) is 25.1 Å². The second-order valence-corrected chi connectivity index (χ2v) is 4.61. The lowest BCUT2D eigenvalue weighted by atomic mass is 10.1. The van der Waals surface area contributed by atoms with Gasteiger partial charge in [0.25, 0.3) is 0 Å². The maximum atomic E-state index is 13.4. The molecule has 0 spiro atoms. The van der Waals surface area contributed by atoms with E-state index in [2.05, 4.69) is 15.3 Å². The minimum Gasteiger partial charge on any atom is -0.377 e. The Morgan fingerprint density at radius 2 is 2.05 bits per heavy atom. The minimum atomic E-state index is -0.399. The lowest BCUT2D eigenvalue weighted by molar-refractivity contribution is 0.178. The zero-order valence-corrected chi connectivity index (χ0v) is 12.0. The number of nitrogens with zero attached hydrogens (tertiary/aromatic N) is 2. The Labute approximate surface area is 122 Å². The van der Waals surface area contributed by atoms with E-state index in [1.54, 1.807) is 19.2 Å². The number of halogens is 2. The molecule has 0 saturated carbocycles. The Morgan fingerprint density at radius 3 is 2.70 bits per heavy atom. The molecule has 106 valence electrons. The summed E-state index contributed by atoms with van der Waals surface area (Å²) in [5.41, 5.74) is 1.21. The molecule has 0 aliphatic carbocycles. The first kappa shape index (κ1) is 14.7. The third-order valence-corrected chi connectivity index (χ3v) is 2.78. The molecule has 0 aliphatic rings. The normalized spacial score (nSPS) is 10.6. The van der Waals surface area contributed by atoms with Crippen molar-refractivity contribution in [1.29, 1.82) is 0 Å². The molecule has 0 unspecified atom stereocenters. The second kappa shape index (κ2) is 6.63. The number of hydrogen-bond donors (Lipinski definition) is 1. The van der Waals surface area contributed by atoms with Crippen molar-refractivity contribution < 1.29 is 9.13 Å². The maximum absolute atomic E-state index is 13.4. The maximum Gasteiger partial charge on any atom is 0.157 e. The van der Waals surface area contributed by atoms with Crippen LogP contribution in [0.25, 0.3) is 11.3 Å². The zero-order valence-electron chi connectivity index (χ0n) is 11.3. The molecular weight excluding hydrogens is 281 g/mol. The van der Waals surface area contributed by atoms with E-state index < -0.39 is 5.82 Å². The fraction of sp³-hybridized carbons (Fsp3) is 0.286. The fourth-order valence-electron chi connectivity index (χ4n) is 1.81. The first-order valence-corrected chi connectivity index (χ1v) is 6.57. The van der Waals surface area contributed by atoms with Crippen molar-refractivity contribution in [2.45, 2.75) is 13.5 Å². The second-order valence-electron chi connectivity index (χ2n) is 4.18. The molecule has 2 rings (SSSR count). The van der Waals surface area contributed by atoms with Crippen molar-refractivity contribution in [2.75, 3.05) is 19.0 Å². The molecule has 0 aliphatic heterocycles. The summed E-state index contributed by atoms with van der Waals surface area (Å²) in [6.07, 6.45) is 0. The van der Waals surface area contributed by atoms with Crippen molar-refractivity contribution in [2.24, 2.45) is 0 Å². The molecule has 0 bridgehead atoms. The summed E-state index contributed by atoms with van der Waals surface area (Å²) < 4.78 is 18.5. The molecule has 0 saturated heterocycles. The summed E-state index contributed by atoms with van der Waals surface area (Å²) >= 11 is 5.88. The fourth-order valence-corrected chi connectivity index (χ4v) is 2.03. The molecule has 20 heavy (non-hydrogen) atoms. The van der Waals surface area contributed by atoms with E-state index in [-0.39, 0.29) is 6.61 Å². The van der Waals surface area contributed by atoms with Gasteiger partial charge in [0.1, 0.15) is 18.2 Å². The van der Waals surface area contributed by atoms with E-state index in [0.29, 0.717) is 27.9 Å². The Balaban J connectivity index is 2.48. The predicted molar refractivity (Wildman–Crippen MR) is 77.3 cm³/mol. The number of nitrogens with one attached hydrogen (secondary N) is 1. The zero-order chi connectivity index (χ0) is 14.5. The summed E-state index contributed by atoms with van der Waals surface area (Å²) in [6.45, 7) is 2.99. The van der Waals surface area contributed by atoms with Gasteiger partial charge in [0.05, 0.1) is 5.69 Å². The summed E-state index contributed by atoms with van der Waals surface area (Å²) in [4.78, 5) is 8.67. The smallest absolute Gasteiger partial charge is 0.157 e. The van der Waals surface area contributed by atoms with Crippen molar-refractivity contribution in [3.05, 3.63) is 40.9 Å². The molecule has 0 fully saturated rings. The van der Waals surface area contributed by atoms with Gasteiger partial charge >= 0.3 is 0 Å². The van der Waals surface area contributed by atoms with Crippen LogP contribution in [0.15, 0.2) is 24.3 Å². The molecular formula is C14H15ClFN3O. The Morgan fingerprint density at radius 1 is 1.25 bits per heavy atom. The van der Waals surface area contributed by atoms with E-state index in [1.807, 2.05) is 6.92 Å². The largest absolute Gasteiger partial charge is 0.377 e. The molecule has 2 aromatic rings. The number of ether oxygens (including phenoxy) is 1. The third kappa shape index (κ3) is 3.65. The molecule has 0 amide bonds. The van der Waals surface area contributed by atoms with E-state index in [9.17, 15) is 4.39 Å². The summed E-state index contributed by atoms with van der Waals surface area (Å²) in [5, 5.41) is 3.44. The van der Waals surface area contributed by atoms with Crippen LogP contribution in [0.5, 0.6) is 0 Å². The number of benzene rings is 1. The summed E-state index contributed by atoms with van der Waals surface area (Å²) in [6, 6.07) is 6.07. The van der Waals surface area contributed by atoms with Gasteiger partial charge in [0.2, 0.25) is 0 Å². The van der Waals surface area contributed by atoms with Gasteiger partial charge in [0, 0.05) is 30.3 Å². The van der Waals surface area contributed by atoms with Crippen LogP contribution in [0.2, 0.25) is 5.02 Å². The summed E-state index contributed by atoms with van der Waals surface area (Å²) in [7, 11) is 1.57. The predicted octanol–water partition coefficient (Wildman–Crippen LogP) is 3.51. The lowest BCUT2D eigenvalue weighted by Crippen LogP contribution is -2.05. The Hall–Kier alpha value is -1.72. The van der Waals surface area contributed by atoms with Crippen LogP contribution in [0.4, 0.5) is 10.2 Å². The third-order valence-electron chi connectivity index (χ3n) is 2.56. The van der Waals surface area contributed by atoms with E-state index in [0.717, 1.165) is 6.54 Å². The highest BCUT2D eigenvalue weighted by atomic mass is 35.5. The molecule has 6 heteroatoms. The van der Waals surface area contributed by atoms with Gasteiger partial charge in [-0.1, -0.05) is 11.6 Å². The number of anilines is 1. The number of rotatable bonds is 5. The van der Waals surface area contributed by atoms with Crippen LogP contribution in [0, 0.1) is 5.82 Å². The van der Waals surface area contributed by atoms with Gasteiger partial charge in [-0.3, -0.25) is 0 Å². The van der Waals surface area contributed by atoms with Crippen molar-refractivity contribution in [1.82, 2.24) is 9.97 Å². The van der Waals surface area contributed by atoms with E-state index in [4.69, 9.17) is 16.3 Å². The molecule has 0 radical (unpaired) electrons. The average Bonchev–Trinajstić information content (AvgIpc) is 2.38. The Kier molecular flexibility index (Phi) is 4.87. The van der Waals surface area contributed by atoms with Crippen molar-refractivity contribution >= 4 is 17.4 Å². The molecule has 4 nitrogen and oxygen atoms in total. The SMILES string of the molecule is CCNc1cc(-c2cc(F)cc(Cl)c2)nc(COC)n1. The van der Waals surface area contributed by atoms with Crippen molar-refractivity contribution in [3.8, 4) is 11.3 Å². The highest BCUT2D eigenvalue weighted by Gasteiger charge is 2.08. The van der Waals surface area contributed by atoms with E-state index in [1.165, 1.54) is 12.1 Å². The van der Waals surface area contributed by atoms with Crippen molar-refractivity contribution in [3.63, 3.8) is 0 Å². The topological polar surface area (TPSA) is 47.0 Å². The van der Waals surface area contributed by atoms with Crippen LogP contribution >= 0.6 is 11.6 Å². The number of aromatic nitrogens is 2. The highest BCUT2D eigenvalue weighted by Crippen LogP contribution is 2.24. The first-order chi connectivity index (χ1) is 9.62. The molecule has 1 N–H and O–H groups in total. The standard InChI is InChI=1S/C14H15ClFN3O/c1-3-17-13-7-12(18-14(19-13)8-20-2)9-4-10(15)6-11(16)5-9/h4-7H,3,8H2,1-2H3,(H,17,18,19). The number of hydrogen-bond acceptors (Lipinski definition) is 4. The van der Waals surface area contributed by atoms with Crippen LogP contribution in [0.3, 0.4) is 0 Å². The molecule has 1 aromatic carbocycles. The van der Waals surface area contributed by atoms with E-state index >= 15 is 0 Å². The summed E-state index contributed by atoms with van der Waals surface area (Å²) in [5.74, 6) is 0.802. The van der Waals surface area contributed by atoms with Crippen LogP contribution in [-0.2, 0) is 11.3 Å². The lowest BCUT2D eigenvalue weighted by Gasteiger charge is -2.09. The average molecular weight is 296 g/mol. The van der Waals surface area contributed by atoms with Gasteiger partial charge in [-0.2, -0.15) is 0 Å². The van der Waals surface area contributed by atoms with Gasteiger partial charge in [-0.25, -0.2) is 14.4 Å². The molecule has 0 atom stereocenters. The van der Waals surface area contributed by atoms with Crippen LogP contribution in [0.1, 0.15) is 12.7 Å². The quantitative estimate of drug-likeness (QED) is 0.917. The highest BCUT2D eigenvalue weighted by molar-refractivity contribution is 6.30. The van der Waals surface area contributed by atoms with Gasteiger partial charge < -0.3 is 10.1 Å². The van der Waals surface area contributed by atoms with Crippen LogP contribution < -0.4 is 5.32 Å². The Bertz CT molecular complexity index is 562. The monoisotopic (exact) mass is 295 g/mol. The van der Waals surface area contributed by atoms with Crippen LogP contribution in [-0.4, -0.2) is 23.6 Å². The molecule has 1 aromatic heterocycles. The molecule has 1 heterocycles. The van der Waals surface area contributed by atoms with Gasteiger partial charge in [-0.15, -0.1) is 0 Å².